The molecule has 1 aromatic rings. The van der Waals surface area contributed by atoms with E-state index in [2.05, 4.69) is 20.7 Å². The molecule has 1 aromatic carbocycles. The van der Waals surface area contributed by atoms with Gasteiger partial charge in [0.25, 0.3) is 0 Å². The van der Waals surface area contributed by atoms with Crippen LogP contribution in [-0.4, -0.2) is 25.7 Å². The van der Waals surface area contributed by atoms with Crippen LogP contribution in [0.3, 0.4) is 0 Å². The summed E-state index contributed by atoms with van der Waals surface area (Å²) in [6.45, 7) is 7.97. The number of benzene rings is 1. The molecule has 3 atom stereocenters. The fourth-order valence-electron chi connectivity index (χ4n) is 2.36. The fourth-order valence-corrected chi connectivity index (χ4v) is 4.74. The third-order valence-electron chi connectivity index (χ3n) is 3.80. The molecule has 22 heavy (non-hydrogen) atoms. The molecule has 0 bridgehead atoms. The molecule has 1 unspecified atom stereocenters. The Balaban J connectivity index is 3.05. The van der Waals surface area contributed by atoms with Crippen LogP contribution in [0.1, 0.15) is 40.5 Å². The quantitative estimate of drug-likeness (QED) is 0.711. The summed E-state index contributed by atoms with van der Waals surface area (Å²) in [7, 11) is -3.68. The molecule has 6 heteroatoms. The summed E-state index contributed by atoms with van der Waals surface area (Å²) >= 11 is 3.27. The van der Waals surface area contributed by atoms with Crippen LogP contribution in [0.5, 0.6) is 0 Å². The summed E-state index contributed by atoms with van der Waals surface area (Å²) < 4.78 is 28.5. The molecule has 0 saturated heterocycles. The summed E-state index contributed by atoms with van der Waals surface area (Å²) in [5, 5.41) is 10.4. The number of aliphatic hydroxyl groups is 1. The molecule has 0 spiro atoms. The average Bonchev–Trinajstić information content (AvgIpc) is 2.43. The maximum absolute atomic E-state index is 12.6. The first-order chi connectivity index (χ1) is 10.2. The lowest BCUT2D eigenvalue weighted by Gasteiger charge is -2.30. The molecule has 126 valence electrons. The molecule has 0 amide bonds. The molecular weight excluding hydrogens is 366 g/mol. The molecule has 0 aliphatic heterocycles. The molecule has 0 radical (unpaired) electrons. The Morgan fingerprint density at radius 3 is 2.32 bits per heavy atom. The highest BCUT2D eigenvalue weighted by Gasteiger charge is 2.30. The van der Waals surface area contributed by atoms with Crippen LogP contribution < -0.4 is 4.72 Å². The second kappa shape index (κ2) is 8.43. The molecular formula is C16H26BrNO3S. The maximum Gasteiger partial charge on any atom is 0.242 e. The standard InChI is InChI=1S/C16H26BrNO3S/c1-5-12(4)16(14(19)10-11(2)3)18-22(20,21)15-9-7-6-8-13(15)17/h6-9,11-12,14,16,18-19H,5,10H2,1-4H3/t12-,14?,16-/m0/s1. The number of halogens is 1. The van der Waals surface area contributed by atoms with E-state index in [-0.39, 0.29) is 10.8 Å². The number of nitrogens with one attached hydrogen (secondary N) is 1. The first-order valence-corrected chi connectivity index (χ1v) is 9.91. The number of hydrogen-bond acceptors (Lipinski definition) is 3. The van der Waals surface area contributed by atoms with Crippen LogP contribution in [0.15, 0.2) is 33.6 Å². The second-order valence-electron chi connectivity index (χ2n) is 6.16. The average molecular weight is 392 g/mol. The molecule has 1 rings (SSSR count). The van der Waals surface area contributed by atoms with Crippen LogP contribution in [0.4, 0.5) is 0 Å². The minimum atomic E-state index is -3.68. The fraction of sp³-hybridized carbons (Fsp3) is 0.625. The SMILES string of the molecule is CC[C@H](C)[C@H](NS(=O)(=O)c1ccccc1Br)C(O)CC(C)C. The van der Waals surface area contributed by atoms with Crippen molar-refractivity contribution >= 4 is 26.0 Å². The van der Waals surface area contributed by atoms with Gasteiger partial charge in [0.15, 0.2) is 0 Å². The van der Waals surface area contributed by atoms with Crippen molar-refractivity contribution in [1.82, 2.24) is 4.72 Å². The Kier molecular flexibility index (Phi) is 7.52. The number of sulfonamides is 1. The van der Waals surface area contributed by atoms with E-state index in [1.807, 2.05) is 27.7 Å². The summed E-state index contributed by atoms with van der Waals surface area (Å²) in [6, 6.07) is 6.20. The molecule has 0 aliphatic rings. The lowest BCUT2D eigenvalue weighted by atomic mass is 9.91. The van der Waals surface area contributed by atoms with Gasteiger partial charge in [-0.15, -0.1) is 0 Å². The third kappa shape index (κ3) is 5.33. The van der Waals surface area contributed by atoms with E-state index < -0.39 is 22.2 Å². The molecule has 0 heterocycles. The Labute approximate surface area is 142 Å². The first kappa shape index (κ1) is 19.6. The largest absolute Gasteiger partial charge is 0.391 e. The van der Waals surface area contributed by atoms with Crippen molar-refractivity contribution in [2.75, 3.05) is 0 Å². The number of rotatable bonds is 8. The first-order valence-electron chi connectivity index (χ1n) is 7.64. The van der Waals surface area contributed by atoms with Gasteiger partial charge in [-0.3, -0.25) is 0 Å². The van der Waals surface area contributed by atoms with Gasteiger partial charge in [0.2, 0.25) is 10.0 Å². The highest BCUT2D eigenvalue weighted by molar-refractivity contribution is 9.10. The van der Waals surface area contributed by atoms with E-state index in [4.69, 9.17) is 0 Å². The zero-order valence-electron chi connectivity index (χ0n) is 13.6. The van der Waals surface area contributed by atoms with Crippen molar-refractivity contribution < 1.29 is 13.5 Å². The molecule has 0 aromatic heterocycles. The van der Waals surface area contributed by atoms with Crippen LogP contribution in [0.2, 0.25) is 0 Å². The molecule has 0 fully saturated rings. The Hall–Kier alpha value is -0.430. The third-order valence-corrected chi connectivity index (χ3v) is 6.27. The lowest BCUT2D eigenvalue weighted by Crippen LogP contribution is -2.47. The van der Waals surface area contributed by atoms with Crippen molar-refractivity contribution in [3.05, 3.63) is 28.7 Å². The summed E-state index contributed by atoms with van der Waals surface area (Å²) in [4.78, 5) is 0.194. The minimum Gasteiger partial charge on any atom is -0.391 e. The Bertz CT molecular complexity index is 575. The molecule has 4 nitrogen and oxygen atoms in total. The predicted octanol–water partition coefficient (Wildman–Crippen LogP) is 3.55. The topological polar surface area (TPSA) is 66.4 Å². The van der Waals surface area contributed by atoms with Crippen molar-refractivity contribution in [3.63, 3.8) is 0 Å². The van der Waals surface area contributed by atoms with Crippen LogP contribution in [0.25, 0.3) is 0 Å². The Morgan fingerprint density at radius 1 is 1.23 bits per heavy atom. The summed E-state index contributed by atoms with van der Waals surface area (Å²) in [5.41, 5.74) is 0. The van der Waals surface area contributed by atoms with Gasteiger partial charge in [-0.1, -0.05) is 46.2 Å². The van der Waals surface area contributed by atoms with Crippen molar-refractivity contribution in [1.29, 1.82) is 0 Å². The lowest BCUT2D eigenvalue weighted by molar-refractivity contribution is 0.0910. The maximum atomic E-state index is 12.6. The number of hydrogen-bond donors (Lipinski definition) is 2. The van der Waals surface area contributed by atoms with Gasteiger partial charge in [0.05, 0.1) is 17.0 Å². The van der Waals surface area contributed by atoms with Gasteiger partial charge in [-0.2, -0.15) is 0 Å². The highest BCUT2D eigenvalue weighted by Crippen LogP contribution is 2.24. The van der Waals surface area contributed by atoms with E-state index in [0.29, 0.717) is 16.8 Å². The molecule has 0 aliphatic carbocycles. The predicted molar refractivity (Wildman–Crippen MR) is 93.2 cm³/mol. The zero-order chi connectivity index (χ0) is 16.9. The highest BCUT2D eigenvalue weighted by atomic mass is 79.9. The monoisotopic (exact) mass is 391 g/mol. The minimum absolute atomic E-state index is 0.0472. The van der Waals surface area contributed by atoms with Crippen LogP contribution >= 0.6 is 15.9 Å². The summed E-state index contributed by atoms with van der Waals surface area (Å²) in [5.74, 6) is 0.348. The Morgan fingerprint density at radius 2 is 1.82 bits per heavy atom. The van der Waals surface area contributed by atoms with Gasteiger partial charge in [0.1, 0.15) is 0 Å². The van der Waals surface area contributed by atoms with E-state index in [1.165, 1.54) is 0 Å². The van der Waals surface area contributed by atoms with Crippen molar-refractivity contribution in [2.24, 2.45) is 11.8 Å². The van der Waals surface area contributed by atoms with Crippen LogP contribution in [-0.2, 0) is 10.0 Å². The summed E-state index contributed by atoms with van der Waals surface area (Å²) in [6.07, 6.45) is 0.651. The van der Waals surface area contributed by atoms with Crippen molar-refractivity contribution in [3.8, 4) is 0 Å². The van der Waals surface area contributed by atoms with Gasteiger partial charge < -0.3 is 5.11 Å². The second-order valence-corrected chi connectivity index (χ2v) is 8.70. The van der Waals surface area contributed by atoms with Crippen molar-refractivity contribution in [2.45, 2.75) is 57.6 Å². The van der Waals surface area contributed by atoms with E-state index in [1.54, 1.807) is 24.3 Å². The molecule has 0 saturated carbocycles. The van der Waals surface area contributed by atoms with Gasteiger partial charge in [-0.05, 0) is 46.3 Å². The normalized spacial score (nSPS) is 16.5. The zero-order valence-corrected chi connectivity index (χ0v) is 16.0. The van der Waals surface area contributed by atoms with Gasteiger partial charge in [0, 0.05) is 4.47 Å². The van der Waals surface area contributed by atoms with Crippen LogP contribution in [0, 0.1) is 11.8 Å². The van der Waals surface area contributed by atoms with E-state index in [9.17, 15) is 13.5 Å². The van der Waals surface area contributed by atoms with Gasteiger partial charge >= 0.3 is 0 Å². The molecule has 2 N–H and O–H groups in total. The van der Waals surface area contributed by atoms with E-state index >= 15 is 0 Å². The number of aliphatic hydroxyl groups excluding tert-OH is 1. The van der Waals surface area contributed by atoms with E-state index in [0.717, 1.165) is 6.42 Å². The van der Waals surface area contributed by atoms with Gasteiger partial charge in [-0.25, -0.2) is 13.1 Å². The smallest absolute Gasteiger partial charge is 0.242 e.